The van der Waals surface area contributed by atoms with Crippen molar-refractivity contribution in [3.63, 3.8) is 0 Å². The van der Waals surface area contributed by atoms with E-state index in [1.54, 1.807) is 7.11 Å². The van der Waals surface area contributed by atoms with E-state index in [1.165, 1.54) is 0 Å². The van der Waals surface area contributed by atoms with Gasteiger partial charge in [0, 0.05) is 32.8 Å². The molecule has 0 radical (unpaired) electrons. The molecule has 0 aromatic heterocycles. The third-order valence-corrected chi connectivity index (χ3v) is 3.75. The first kappa shape index (κ1) is 15.4. The van der Waals surface area contributed by atoms with Gasteiger partial charge in [0.1, 0.15) is 0 Å². The van der Waals surface area contributed by atoms with E-state index in [9.17, 15) is 4.79 Å². The van der Waals surface area contributed by atoms with Crippen LogP contribution in [0.3, 0.4) is 0 Å². The fourth-order valence-electron chi connectivity index (χ4n) is 2.58. The quantitative estimate of drug-likeness (QED) is 0.712. The van der Waals surface area contributed by atoms with E-state index >= 15 is 0 Å². The Morgan fingerprint density at radius 3 is 2.72 bits per heavy atom. The lowest BCUT2D eigenvalue weighted by Gasteiger charge is -2.26. The highest BCUT2D eigenvalue weighted by atomic mass is 16.5. The zero-order chi connectivity index (χ0) is 13.5. The van der Waals surface area contributed by atoms with Crippen molar-refractivity contribution in [3.8, 4) is 0 Å². The van der Waals surface area contributed by atoms with Gasteiger partial charge in [0.2, 0.25) is 5.91 Å². The predicted molar refractivity (Wildman–Crippen MR) is 72.4 cm³/mol. The zero-order valence-corrected chi connectivity index (χ0v) is 11.9. The van der Waals surface area contributed by atoms with Gasteiger partial charge in [0.05, 0.1) is 6.04 Å². The molecule has 5 heteroatoms. The molecule has 18 heavy (non-hydrogen) atoms. The van der Waals surface area contributed by atoms with Crippen molar-refractivity contribution in [2.45, 2.75) is 38.8 Å². The maximum atomic E-state index is 12.1. The molecule has 0 aromatic carbocycles. The lowest BCUT2D eigenvalue weighted by molar-refractivity contribution is -0.132. The number of methoxy groups -OCH3 is 1. The molecule has 1 aliphatic heterocycles. The highest BCUT2D eigenvalue weighted by Crippen LogP contribution is 2.16. The number of ether oxygens (including phenoxy) is 1. The minimum absolute atomic E-state index is 0.0710. The van der Waals surface area contributed by atoms with E-state index in [0.29, 0.717) is 19.1 Å². The van der Waals surface area contributed by atoms with Crippen molar-refractivity contribution in [2.75, 3.05) is 39.9 Å². The minimum atomic E-state index is -0.416. The first-order valence-corrected chi connectivity index (χ1v) is 6.91. The number of amides is 1. The van der Waals surface area contributed by atoms with Crippen LogP contribution in [0.1, 0.15) is 26.7 Å². The van der Waals surface area contributed by atoms with Crippen molar-refractivity contribution in [2.24, 2.45) is 5.73 Å². The second-order valence-electron chi connectivity index (χ2n) is 4.84. The molecule has 2 atom stereocenters. The Labute approximate surface area is 110 Å². The summed E-state index contributed by atoms with van der Waals surface area (Å²) in [7, 11) is 1.63. The second kappa shape index (κ2) is 7.71. The molecule has 0 saturated carbocycles. The number of likely N-dealkylation sites (tertiary alicyclic amines) is 1. The van der Waals surface area contributed by atoms with Crippen molar-refractivity contribution in [1.29, 1.82) is 0 Å². The van der Waals surface area contributed by atoms with Gasteiger partial charge in [0.25, 0.3) is 0 Å². The molecule has 1 fully saturated rings. The van der Waals surface area contributed by atoms with Crippen molar-refractivity contribution >= 4 is 5.91 Å². The molecular formula is C13H27N3O2. The summed E-state index contributed by atoms with van der Waals surface area (Å²) in [6, 6.07) is 0.0824. The molecule has 1 heterocycles. The van der Waals surface area contributed by atoms with Crippen LogP contribution in [0.4, 0.5) is 0 Å². The largest absolute Gasteiger partial charge is 0.385 e. The van der Waals surface area contributed by atoms with E-state index in [2.05, 4.69) is 18.7 Å². The first-order valence-electron chi connectivity index (χ1n) is 6.91. The normalized spacial score (nSPS) is 21.6. The Kier molecular flexibility index (Phi) is 6.60. The number of nitrogens with zero attached hydrogens (tertiary/aromatic N) is 2. The van der Waals surface area contributed by atoms with Crippen LogP contribution in [0.15, 0.2) is 0 Å². The fraction of sp³-hybridized carbons (Fsp3) is 0.923. The molecule has 1 rings (SSSR count). The maximum Gasteiger partial charge on any atom is 0.239 e. The van der Waals surface area contributed by atoms with Gasteiger partial charge in [0.15, 0.2) is 0 Å². The van der Waals surface area contributed by atoms with E-state index in [0.717, 1.165) is 32.6 Å². The topological polar surface area (TPSA) is 58.8 Å². The third-order valence-electron chi connectivity index (χ3n) is 3.75. The van der Waals surface area contributed by atoms with Crippen LogP contribution in [0.5, 0.6) is 0 Å². The highest BCUT2D eigenvalue weighted by Gasteiger charge is 2.31. The second-order valence-corrected chi connectivity index (χ2v) is 4.84. The average molecular weight is 257 g/mol. The first-order chi connectivity index (χ1) is 8.63. The Morgan fingerprint density at radius 2 is 2.17 bits per heavy atom. The smallest absolute Gasteiger partial charge is 0.239 e. The van der Waals surface area contributed by atoms with Crippen LogP contribution in [0.25, 0.3) is 0 Å². The van der Waals surface area contributed by atoms with Gasteiger partial charge in [-0.25, -0.2) is 0 Å². The molecule has 0 aromatic rings. The van der Waals surface area contributed by atoms with Crippen LogP contribution in [0.2, 0.25) is 0 Å². The highest BCUT2D eigenvalue weighted by molar-refractivity contribution is 5.81. The Bertz CT molecular complexity index is 257. The molecule has 1 saturated heterocycles. The lowest BCUT2D eigenvalue weighted by atomic mass is 10.2. The van der Waals surface area contributed by atoms with Crippen LogP contribution in [0, 0.1) is 0 Å². The Hall–Kier alpha value is -0.650. The molecular weight excluding hydrogens is 230 g/mol. The van der Waals surface area contributed by atoms with Gasteiger partial charge in [-0.05, 0) is 25.9 Å². The summed E-state index contributed by atoms with van der Waals surface area (Å²) >= 11 is 0. The summed E-state index contributed by atoms with van der Waals surface area (Å²) < 4.78 is 4.96. The van der Waals surface area contributed by atoms with Gasteiger partial charge in [-0.1, -0.05) is 13.8 Å². The van der Waals surface area contributed by atoms with E-state index in [-0.39, 0.29) is 5.91 Å². The van der Waals surface area contributed by atoms with E-state index in [4.69, 9.17) is 10.5 Å². The molecule has 5 nitrogen and oxygen atoms in total. The summed E-state index contributed by atoms with van der Waals surface area (Å²) in [4.78, 5) is 16.4. The molecule has 1 aliphatic rings. The molecule has 2 N–H and O–H groups in total. The van der Waals surface area contributed by atoms with Crippen molar-refractivity contribution in [3.05, 3.63) is 0 Å². The average Bonchev–Trinajstić information content (AvgIpc) is 2.86. The van der Waals surface area contributed by atoms with Gasteiger partial charge < -0.3 is 15.4 Å². The number of hydrogen-bond donors (Lipinski definition) is 1. The van der Waals surface area contributed by atoms with Crippen LogP contribution in [-0.2, 0) is 9.53 Å². The number of hydrogen-bond acceptors (Lipinski definition) is 4. The molecule has 2 unspecified atom stereocenters. The Balaban J connectivity index is 2.43. The molecule has 0 aliphatic carbocycles. The lowest BCUT2D eigenvalue weighted by Crippen LogP contribution is -2.45. The zero-order valence-electron chi connectivity index (χ0n) is 11.9. The number of nitrogens with two attached hydrogens (primary N) is 1. The molecule has 106 valence electrons. The number of rotatable bonds is 7. The van der Waals surface area contributed by atoms with Gasteiger partial charge in [-0.15, -0.1) is 0 Å². The number of carbonyl (C=O) groups excluding carboxylic acids is 1. The maximum absolute atomic E-state index is 12.1. The predicted octanol–water partition coefficient (Wildman–Crippen LogP) is 0.293. The monoisotopic (exact) mass is 257 g/mol. The van der Waals surface area contributed by atoms with Crippen molar-refractivity contribution in [1.82, 2.24) is 9.80 Å². The van der Waals surface area contributed by atoms with Gasteiger partial charge in [-0.2, -0.15) is 0 Å². The van der Waals surface area contributed by atoms with Crippen LogP contribution in [-0.4, -0.2) is 67.7 Å². The minimum Gasteiger partial charge on any atom is -0.385 e. The standard InChI is InChI=1S/C13H27N3O2/c1-4-15(5-2)11-6-8-16(10-11)13(17)12(14)7-9-18-3/h11-12H,4-10,14H2,1-3H3. The molecule has 0 spiro atoms. The van der Waals surface area contributed by atoms with E-state index in [1.807, 2.05) is 4.90 Å². The van der Waals surface area contributed by atoms with Crippen LogP contribution >= 0.6 is 0 Å². The third kappa shape index (κ3) is 3.93. The van der Waals surface area contributed by atoms with E-state index < -0.39 is 6.04 Å². The molecule has 1 amide bonds. The number of likely N-dealkylation sites (N-methyl/N-ethyl adjacent to an activating group) is 1. The van der Waals surface area contributed by atoms with Gasteiger partial charge >= 0.3 is 0 Å². The summed E-state index contributed by atoms with van der Waals surface area (Å²) in [5.41, 5.74) is 5.88. The summed E-state index contributed by atoms with van der Waals surface area (Å²) in [6.45, 7) is 8.61. The summed E-state index contributed by atoms with van der Waals surface area (Å²) in [5, 5.41) is 0. The Morgan fingerprint density at radius 1 is 1.50 bits per heavy atom. The SMILES string of the molecule is CCN(CC)C1CCN(C(=O)C(N)CCOC)C1. The summed E-state index contributed by atoms with van der Waals surface area (Å²) in [5.74, 6) is 0.0710. The van der Waals surface area contributed by atoms with Crippen LogP contribution < -0.4 is 5.73 Å². The fourth-order valence-corrected chi connectivity index (χ4v) is 2.58. The number of carbonyl (C=O) groups is 1. The van der Waals surface area contributed by atoms with Gasteiger partial charge in [-0.3, -0.25) is 9.69 Å². The molecule has 0 bridgehead atoms. The summed E-state index contributed by atoms with van der Waals surface area (Å²) in [6.07, 6.45) is 1.66. The van der Waals surface area contributed by atoms with Crippen molar-refractivity contribution < 1.29 is 9.53 Å².